The maximum absolute atomic E-state index is 14.5. The van der Waals surface area contributed by atoms with Crippen LogP contribution in [0, 0.1) is 5.92 Å². The lowest BCUT2D eigenvalue weighted by atomic mass is 9.80. The number of fused-ring (bicyclic) bond motifs is 1. The number of hydrogen-bond acceptors (Lipinski definition) is 16. The number of rotatable bonds is 18. The monoisotopic (exact) mass is 1040 g/mol. The average Bonchev–Trinajstić information content (AvgIpc) is 3.94. The first-order valence-electron chi connectivity index (χ1n) is 23.5. The molecule has 24 heteroatoms. The van der Waals surface area contributed by atoms with Crippen LogP contribution in [0.25, 0.3) is 11.2 Å². The van der Waals surface area contributed by atoms with E-state index in [9.17, 15) is 50.3 Å². The third kappa shape index (κ3) is 13.6. The van der Waals surface area contributed by atoms with Crippen LogP contribution in [0.2, 0.25) is 0 Å². The molecule has 1 fully saturated rings. The molecule has 1 saturated heterocycles. The number of aromatic nitrogens is 5. The number of anilines is 2. The van der Waals surface area contributed by atoms with Gasteiger partial charge in [-0.2, -0.15) is 26.6 Å². The Morgan fingerprint density at radius 1 is 1.03 bits per heavy atom. The Morgan fingerprint density at radius 2 is 1.75 bits per heavy atom. The predicted molar refractivity (Wildman–Crippen MR) is 258 cm³/mol. The first-order valence-corrected chi connectivity index (χ1v) is 24.9. The van der Waals surface area contributed by atoms with E-state index < -0.39 is 99.0 Å². The van der Waals surface area contributed by atoms with Gasteiger partial charge in [0.1, 0.15) is 42.5 Å². The quantitative estimate of drug-likeness (QED) is 0.0332. The number of benzene rings is 2. The molecule has 0 saturated carbocycles. The molecule has 5 heterocycles. The number of carbonyl (C=O) groups is 3. The van der Waals surface area contributed by atoms with Crippen molar-refractivity contribution < 1.29 is 64.4 Å². The number of esters is 3. The van der Waals surface area contributed by atoms with E-state index in [1.54, 1.807) is 26.0 Å². The van der Waals surface area contributed by atoms with Crippen molar-refractivity contribution in [1.82, 2.24) is 24.5 Å². The number of H-pyrrole nitrogens is 1. The van der Waals surface area contributed by atoms with Crippen molar-refractivity contribution >= 4 is 50.7 Å². The standard InChI is InChI=1S/C31H33F3N2O5S.C18H25FN6O6/c1-3-16-30(17-15-21-9-6-5-7-10-21)19-26(37)28(29(38)41-30)25(4-2)22-11-8-12-24(18-22)36-42(39,40)27-14-13-23(20-35-27)31(32,33)34;1-7(2)12(20)17(28)30-8(3)16(27)29-5-10-9(19)4-11(31-10)25-6-22-13-14(25)23-18(21)24-15(13)26/h5-14,18,20,25,36-37H,3-4,15-17,19H2,1-2H3;6-12H,4-5,20H2,1-3H3,(H3,21,23,24,26)/t25-,30-;8?,9-,10+,11+,12-/m10/s1. The van der Waals surface area contributed by atoms with Crippen molar-refractivity contribution in [2.75, 3.05) is 17.1 Å². The van der Waals surface area contributed by atoms with Gasteiger partial charge in [-0.25, -0.2) is 23.9 Å². The second kappa shape index (κ2) is 23.3. The van der Waals surface area contributed by atoms with Crippen LogP contribution in [0.3, 0.4) is 0 Å². The number of nitrogens with zero attached hydrogens (tertiary/aromatic N) is 4. The first-order chi connectivity index (χ1) is 34.4. The Hall–Kier alpha value is -6.92. The maximum atomic E-state index is 14.5. The second-order valence-corrected chi connectivity index (χ2v) is 19.7. The second-order valence-electron chi connectivity index (χ2n) is 18.1. The summed E-state index contributed by atoms with van der Waals surface area (Å²) in [5.41, 5.74) is 10.9. The van der Waals surface area contributed by atoms with Crippen molar-refractivity contribution in [1.29, 1.82) is 0 Å². The summed E-state index contributed by atoms with van der Waals surface area (Å²) in [6.45, 7) is 8.27. The number of carbonyl (C=O) groups excluding carboxylic acids is 3. The number of nitrogens with one attached hydrogen (secondary N) is 2. The maximum Gasteiger partial charge on any atom is 0.417 e. The summed E-state index contributed by atoms with van der Waals surface area (Å²) in [4.78, 5) is 63.0. The molecule has 3 aromatic heterocycles. The molecule has 5 aromatic rings. The molecule has 2 aliphatic heterocycles. The van der Waals surface area contributed by atoms with E-state index in [2.05, 4.69) is 24.7 Å². The Morgan fingerprint density at radius 3 is 2.38 bits per heavy atom. The third-order valence-electron chi connectivity index (χ3n) is 12.3. The van der Waals surface area contributed by atoms with Gasteiger partial charge < -0.3 is 35.5 Å². The van der Waals surface area contributed by atoms with Crippen LogP contribution in [0.4, 0.5) is 29.2 Å². The summed E-state index contributed by atoms with van der Waals surface area (Å²) < 4.78 is 104. The minimum atomic E-state index is -4.65. The van der Waals surface area contributed by atoms with E-state index in [0.717, 1.165) is 18.1 Å². The smallest absolute Gasteiger partial charge is 0.417 e. The van der Waals surface area contributed by atoms with Gasteiger partial charge in [0.05, 0.1) is 17.5 Å². The number of sulfonamides is 1. The van der Waals surface area contributed by atoms with E-state index in [1.807, 2.05) is 44.2 Å². The van der Waals surface area contributed by atoms with Crippen LogP contribution in [-0.4, -0.2) is 92.6 Å². The fourth-order valence-electron chi connectivity index (χ4n) is 8.38. The number of aromatic amines is 1. The van der Waals surface area contributed by atoms with Crippen LogP contribution in [0.15, 0.2) is 100 Å². The molecular formula is C49H58F4N8O11S. The first kappa shape index (κ1) is 55.4. The number of alkyl halides is 4. The minimum Gasteiger partial charge on any atom is -0.512 e. The van der Waals surface area contributed by atoms with Crippen molar-refractivity contribution in [3.05, 3.63) is 118 Å². The highest BCUT2D eigenvalue weighted by molar-refractivity contribution is 7.92. The van der Waals surface area contributed by atoms with Crippen LogP contribution < -0.4 is 21.7 Å². The van der Waals surface area contributed by atoms with Crippen LogP contribution >= 0.6 is 0 Å². The average molecular weight is 1040 g/mol. The normalized spacial score (nSPS) is 20.4. The van der Waals surface area contributed by atoms with Crippen LogP contribution in [0.5, 0.6) is 0 Å². The van der Waals surface area contributed by atoms with Gasteiger partial charge in [0.25, 0.3) is 15.6 Å². The molecule has 0 radical (unpaired) electrons. The Balaban J connectivity index is 0.000000249. The van der Waals surface area contributed by atoms with E-state index in [4.69, 9.17) is 30.4 Å². The molecule has 73 heavy (non-hydrogen) atoms. The fourth-order valence-corrected chi connectivity index (χ4v) is 9.36. The van der Waals surface area contributed by atoms with Crippen molar-refractivity contribution in [3.63, 3.8) is 0 Å². The molecule has 7 N–H and O–H groups in total. The molecule has 2 aliphatic rings. The zero-order valence-electron chi connectivity index (χ0n) is 40.6. The molecular weight excluding hydrogens is 985 g/mol. The minimum absolute atomic E-state index is 0.0401. The van der Waals surface area contributed by atoms with Gasteiger partial charge >= 0.3 is 24.1 Å². The number of ether oxygens (including phenoxy) is 4. The van der Waals surface area contributed by atoms with E-state index >= 15 is 0 Å². The topological polar surface area (TPSA) is 283 Å². The Labute approximate surface area is 417 Å². The van der Waals surface area contributed by atoms with Gasteiger partial charge in [0.2, 0.25) is 5.95 Å². The number of nitrogen functional groups attached to an aromatic ring is 1. The molecule has 394 valence electrons. The molecule has 7 rings (SSSR count). The number of aryl methyl sites for hydroxylation is 1. The molecule has 1 unspecified atom stereocenters. The highest BCUT2D eigenvalue weighted by Crippen LogP contribution is 2.42. The van der Waals surface area contributed by atoms with E-state index in [0.29, 0.717) is 43.5 Å². The number of hydrogen-bond donors (Lipinski definition) is 5. The lowest BCUT2D eigenvalue weighted by Crippen LogP contribution is -2.41. The molecule has 19 nitrogen and oxygen atoms in total. The number of nitrogens with two attached hydrogens (primary N) is 2. The predicted octanol–water partition coefficient (Wildman–Crippen LogP) is 7.11. The highest BCUT2D eigenvalue weighted by Gasteiger charge is 2.44. The van der Waals surface area contributed by atoms with Crippen molar-refractivity contribution in [2.45, 2.75) is 133 Å². The van der Waals surface area contributed by atoms with Gasteiger partial charge in [0.15, 0.2) is 22.3 Å². The Bertz CT molecular complexity index is 2950. The Kier molecular flexibility index (Phi) is 17.7. The molecule has 0 aliphatic carbocycles. The van der Waals surface area contributed by atoms with Crippen LogP contribution in [0.1, 0.15) is 102 Å². The lowest BCUT2D eigenvalue weighted by Gasteiger charge is -2.38. The fraction of sp³-hybridized carbons (Fsp3) is 0.449. The summed E-state index contributed by atoms with van der Waals surface area (Å²) in [6, 6.07) is 16.7. The number of aliphatic hydroxyl groups is 1. The number of pyridine rings is 1. The van der Waals surface area contributed by atoms with Crippen molar-refractivity contribution in [3.8, 4) is 0 Å². The summed E-state index contributed by atoms with van der Waals surface area (Å²) in [5, 5.41) is 10.6. The number of cyclic esters (lactones) is 1. The van der Waals surface area contributed by atoms with E-state index in [-0.39, 0.29) is 52.9 Å². The van der Waals surface area contributed by atoms with Gasteiger partial charge in [-0.05, 0) is 73.9 Å². The van der Waals surface area contributed by atoms with E-state index in [1.165, 1.54) is 30.0 Å². The van der Waals surface area contributed by atoms with Gasteiger partial charge in [0, 0.05) is 30.6 Å². The molecule has 7 atom stereocenters. The molecule has 2 aromatic carbocycles. The van der Waals surface area contributed by atoms with Gasteiger partial charge in [-0.1, -0.05) is 76.6 Å². The molecule has 0 bridgehead atoms. The lowest BCUT2D eigenvalue weighted by molar-refractivity contribution is -0.171. The summed E-state index contributed by atoms with van der Waals surface area (Å²) in [6.07, 6.45) is -4.32. The van der Waals surface area contributed by atoms with Gasteiger partial charge in [-0.3, -0.25) is 23.9 Å². The third-order valence-corrected chi connectivity index (χ3v) is 13.6. The number of halogens is 4. The molecule has 0 amide bonds. The van der Waals surface area contributed by atoms with Gasteiger partial charge in [-0.15, -0.1) is 0 Å². The SMILES string of the molecule is CC(OC(=O)[C@@H](N)C(C)C)C(=O)OC[C@H]1O[C@@H](n2cnc3c(=O)[nH]c(N)nc32)C[C@@H]1F.CCC[C@@]1(CCc2ccccc2)CC(O)=C([C@H](CC)c2cccc(NS(=O)(=O)c3ccc(C(F)(F)F)cn3)c2)C(=O)O1. The van der Waals surface area contributed by atoms with Crippen LogP contribution in [-0.2, 0) is 56.0 Å². The highest BCUT2D eigenvalue weighted by atomic mass is 32.2. The number of imidazole rings is 1. The zero-order chi connectivity index (χ0) is 53.4. The van der Waals surface area contributed by atoms with Crippen molar-refractivity contribution in [2.24, 2.45) is 11.7 Å². The molecule has 0 spiro atoms. The zero-order valence-corrected chi connectivity index (χ0v) is 41.4. The summed E-state index contributed by atoms with van der Waals surface area (Å²) in [5.74, 6) is -3.08. The summed E-state index contributed by atoms with van der Waals surface area (Å²) >= 11 is 0. The number of aliphatic hydroxyl groups excluding tert-OH is 1. The largest absolute Gasteiger partial charge is 0.512 e. The summed E-state index contributed by atoms with van der Waals surface area (Å²) in [7, 11) is -4.30.